The molecule has 1 aliphatic heterocycles. The first-order valence-corrected chi connectivity index (χ1v) is 12.7. The van der Waals surface area contributed by atoms with Crippen molar-refractivity contribution in [2.75, 3.05) is 6.54 Å². The highest BCUT2D eigenvalue weighted by atomic mass is 16.2. The first kappa shape index (κ1) is 28.5. The molecule has 1 aromatic carbocycles. The summed E-state index contributed by atoms with van der Waals surface area (Å²) in [5.41, 5.74) is 0.394. The first-order chi connectivity index (χ1) is 17.9. The van der Waals surface area contributed by atoms with Crippen LogP contribution in [0, 0.1) is 5.92 Å². The zero-order valence-electron chi connectivity index (χ0n) is 22.2. The lowest BCUT2D eigenvalue weighted by atomic mass is 9.89. The molecule has 4 amide bonds. The molecule has 1 aromatic heterocycles. The van der Waals surface area contributed by atoms with Crippen molar-refractivity contribution in [3.8, 4) is 0 Å². The molecule has 38 heavy (non-hydrogen) atoms. The molecule has 1 aliphatic rings. The Morgan fingerprint density at radius 3 is 2.42 bits per heavy atom. The number of aromatic nitrogens is 2. The van der Waals surface area contributed by atoms with Crippen molar-refractivity contribution in [3.63, 3.8) is 0 Å². The van der Waals surface area contributed by atoms with Crippen LogP contribution in [0.5, 0.6) is 0 Å². The molecule has 2 aromatic rings. The summed E-state index contributed by atoms with van der Waals surface area (Å²) in [5.74, 6) is -3.58. The lowest BCUT2D eigenvalue weighted by molar-refractivity contribution is -0.142. The minimum absolute atomic E-state index is 0.0252. The van der Waals surface area contributed by atoms with Crippen molar-refractivity contribution in [3.05, 3.63) is 53.9 Å². The lowest BCUT2D eigenvalue weighted by Crippen LogP contribution is -2.57. The molecule has 0 bridgehead atoms. The first-order valence-electron chi connectivity index (χ1n) is 12.7. The summed E-state index contributed by atoms with van der Waals surface area (Å²) < 4.78 is 1.47. The smallest absolute Gasteiger partial charge is 0.290 e. The molecular formula is C27H36N6O5. The molecule has 3 rings (SSSR count). The maximum atomic E-state index is 13.5. The third-order valence-electron chi connectivity index (χ3n) is 6.14. The Kier molecular flexibility index (Phi) is 9.38. The summed E-state index contributed by atoms with van der Waals surface area (Å²) in [7, 11) is 1.67. The number of carbonyl (C=O) groups is 5. The molecule has 0 aliphatic carbocycles. The van der Waals surface area contributed by atoms with Crippen LogP contribution in [0.4, 0.5) is 0 Å². The molecule has 0 saturated carbocycles. The van der Waals surface area contributed by atoms with Crippen LogP contribution in [0.15, 0.2) is 42.7 Å². The van der Waals surface area contributed by atoms with E-state index in [-0.39, 0.29) is 24.3 Å². The topological polar surface area (TPSA) is 151 Å². The minimum Gasteiger partial charge on any atom is -0.356 e. The van der Waals surface area contributed by atoms with Crippen LogP contribution in [-0.2, 0) is 32.6 Å². The highest BCUT2D eigenvalue weighted by Crippen LogP contribution is 2.19. The van der Waals surface area contributed by atoms with Crippen molar-refractivity contribution < 1.29 is 24.0 Å². The number of hydrogen-bond donors (Lipinski definition) is 4. The second-order valence-electron chi connectivity index (χ2n) is 10.6. The van der Waals surface area contributed by atoms with Gasteiger partial charge in [-0.15, -0.1) is 0 Å². The Balaban J connectivity index is 1.84. The van der Waals surface area contributed by atoms with Gasteiger partial charge in [-0.05, 0) is 45.6 Å². The van der Waals surface area contributed by atoms with Gasteiger partial charge in [0.05, 0.1) is 17.8 Å². The summed E-state index contributed by atoms with van der Waals surface area (Å²) in [6, 6.07) is 6.82. The van der Waals surface area contributed by atoms with Gasteiger partial charge in [0.15, 0.2) is 0 Å². The minimum atomic E-state index is -1.24. The van der Waals surface area contributed by atoms with Gasteiger partial charge in [-0.1, -0.05) is 30.3 Å². The van der Waals surface area contributed by atoms with Gasteiger partial charge in [0, 0.05) is 37.7 Å². The maximum Gasteiger partial charge on any atom is 0.290 e. The van der Waals surface area contributed by atoms with Gasteiger partial charge in [-0.25, -0.2) is 0 Å². The van der Waals surface area contributed by atoms with Gasteiger partial charge >= 0.3 is 0 Å². The zero-order valence-corrected chi connectivity index (χ0v) is 22.2. The molecule has 3 atom stereocenters. The van der Waals surface area contributed by atoms with E-state index in [1.807, 2.05) is 30.3 Å². The van der Waals surface area contributed by atoms with Crippen LogP contribution in [-0.4, -0.2) is 63.4 Å². The third-order valence-corrected chi connectivity index (χ3v) is 6.14. The third kappa shape index (κ3) is 8.25. The molecule has 11 heteroatoms. The van der Waals surface area contributed by atoms with Crippen LogP contribution in [0.1, 0.15) is 56.0 Å². The SMILES string of the molecule is Cn1cc(C(=O)N[C@@H](Cc2ccccc2)C(=O)N[C@@H](C[C@@H]2CCCNC2=O)C(=O)C(=O)NC(C)(C)C)cn1. The monoisotopic (exact) mass is 524 g/mol. The summed E-state index contributed by atoms with van der Waals surface area (Å²) in [6.45, 7) is 5.77. The molecule has 0 spiro atoms. The van der Waals surface area contributed by atoms with Crippen molar-refractivity contribution in [2.24, 2.45) is 13.0 Å². The second-order valence-corrected chi connectivity index (χ2v) is 10.6. The van der Waals surface area contributed by atoms with E-state index in [1.165, 1.54) is 17.1 Å². The molecule has 1 fully saturated rings. The number of rotatable bonds is 10. The number of aryl methyl sites for hydroxylation is 1. The predicted molar refractivity (Wildman–Crippen MR) is 140 cm³/mol. The van der Waals surface area contributed by atoms with E-state index < -0.39 is 47.0 Å². The number of nitrogens with one attached hydrogen (secondary N) is 4. The molecule has 11 nitrogen and oxygen atoms in total. The Bertz CT molecular complexity index is 1170. The number of benzene rings is 1. The van der Waals surface area contributed by atoms with Gasteiger partial charge in [0.2, 0.25) is 17.6 Å². The average Bonchev–Trinajstić information content (AvgIpc) is 3.30. The van der Waals surface area contributed by atoms with Crippen molar-refractivity contribution in [2.45, 2.75) is 64.1 Å². The molecule has 4 N–H and O–H groups in total. The number of nitrogens with zero attached hydrogens (tertiary/aromatic N) is 2. The number of hydrogen-bond acceptors (Lipinski definition) is 6. The molecule has 204 valence electrons. The van der Waals surface area contributed by atoms with Crippen molar-refractivity contribution >= 4 is 29.4 Å². The zero-order chi connectivity index (χ0) is 27.9. The lowest BCUT2D eigenvalue weighted by Gasteiger charge is -2.28. The summed E-state index contributed by atoms with van der Waals surface area (Å²) in [4.78, 5) is 64.8. The number of carbonyl (C=O) groups excluding carboxylic acids is 5. The van der Waals surface area contributed by atoms with Gasteiger partial charge < -0.3 is 21.3 Å². The van der Waals surface area contributed by atoms with E-state index in [4.69, 9.17) is 0 Å². The largest absolute Gasteiger partial charge is 0.356 e. The van der Waals surface area contributed by atoms with E-state index in [0.29, 0.717) is 13.0 Å². The molecule has 1 saturated heterocycles. The van der Waals surface area contributed by atoms with E-state index in [9.17, 15) is 24.0 Å². The normalized spacial score (nSPS) is 17.1. The Morgan fingerprint density at radius 1 is 1.11 bits per heavy atom. The standard InChI is InChI=1S/C27H36N6O5/c1-27(2,3)32-26(38)22(34)20(14-18-11-8-12-28-23(18)35)30-25(37)21(13-17-9-6-5-7-10-17)31-24(36)19-15-29-33(4)16-19/h5-7,9-10,15-16,18,20-21H,8,11-14H2,1-4H3,(H,28,35)(H,30,37)(H,31,36)(H,32,38)/t18-,20-,21-/m0/s1. The number of ketones is 1. The highest BCUT2D eigenvalue weighted by molar-refractivity contribution is 6.38. The highest BCUT2D eigenvalue weighted by Gasteiger charge is 2.35. The summed E-state index contributed by atoms with van der Waals surface area (Å²) in [6.07, 6.45) is 4.31. The van der Waals surface area contributed by atoms with Gasteiger partial charge in [-0.2, -0.15) is 5.10 Å². The molecular weight excluding hydrogens is 488 g/mol. The van der Waals surface area contributed by atoms with Crippen LogP contribution >= 0.6 is 0 Å². The van der Waals surface area contributed by atoms with Crippen molar-refractivity contribution in [1.29, 1.82) is 0 Å². The molecule has 0 unspecified atom stereocenters. The summed E-state index contributed by atoms with van der Waals surface area (Å²) >= 11 is 0. The van der Waals surface area contributed by atoms with E-state index in [2.05, 4.69) is 26.4 Å². The summed E-state index contributed by atoms with van der Waals surface area (Å²) in [5, 5.41) is 14.8. The Morgan fingerprint density at radius 2 is 1.82 bits per heavy atom. The Hall–Kier alpha value is -4.02. The number of Topliss-reactive ketones (excluding diaryl/α,β-unsaturated/α-hetero) is 1. The average molecular weight is 525 g/mol. The fraction of sp³-hybridized carbons (Fsp3) is 0.481. The van der Waals surface area contributed by atoms with Gasteiger partial charge in [-0.3, -0.25) is 28.7 Å². The fourth-order valence-electron chi connectivity index (χ4n) is 4.25. The van der Waals surface area contributed by atoms with E-state index >= 15 is 0 Å². The number of amides is 4. The number of piperidine rings is 1. The van der Waals surface area contributed by atoms with Crippen LogP contribution in [0.25, 0.3) is 0 Å². The predicted octanol–water partition coefficient (Wildman–Crippen LogP) is 0.646. The maximum absolute atomic E-state index is 13.5. The van der Waals surface area contributed by atoms with Gasteiger partial charge in [0.25, 0.3) is 11.8 Å². The fourth-order valence-corrected chi connectivity index (χ4v) is 4.25. The second kappa shape index (κ2) is 12.5. The van der Waals surface area contributed by atoms with Crippen molar-refractivity contribution in [1.82, 2.24) is 31.0 Å². The van der Waals surface area contributed by atoms with Gasteiger partial charge in [0.1, 0.15) is 6.04 Å². The van der Waals surface area contributed by atoms with E-state index in [1.54, 1.807) is 27.8 Å². The molecule has 0 radical (unpaired) electrons. The van der Waals surface area contributed by atoms with E-state index in [0.717, 1.165) is 12.0 Å². The molecule has 2 heterocycles. The van der Waals surface area contributed by atoms with Crippen LogP contribution in [0.2, 0.25) is 0 Å². The Labute approximate surface area is 222 Å². The quantitative estimate of drug-likeness (QED) is 0.335. The van der Waals surface area contributed by atoms with Crippen LogP contribution < -0.4 is 21.3 Å². The van der Waals surface area contributed by atoms with Crippen LogP contribution in [0.3, 0.4) is 0 Å².